The zero-order chi connectivity index (χ0) is 36.4. The van der Waals surface area contributed by atoms with Crippen LogP contribution in [-0.2, 0) is 21.8 Å². The smallest absolute Gasteiger partial charge is 0.410 e. The Labute approximate surface area is 288 Å². The predicted octanol–water partition coefficient (Wildman–Crippen LogP) is 7.21. The lowest BCUT2D eigenvalue weighted by Crippen LogP contribution is -2.41. The molecule has 1 saturated heterocycles. The first-order valence-corrected chi connectivity index (χ1v) is 17.3. The molecule has 0 aliphatic carbocycles. The number of halogens is 3. The minimum absolute atomic E-state index is 0.0287. The van der Waals surface area contributed by atoms with Crippen molar-refractivity contribution in [3.63, 3.8) is 0 Å². The summed E-state index contributed by atoms with van der Waals surface area (Å²) in [5.41, 5.74) is 1.76. The summed E-state index contributed by atoms with van der Waals surface area (Å²) in [6.45, 7) is 11.8. The van der Waals surface area contributed by atoms with Crippen LogP contribution in [0.3, 0.4) is 0 Å². The Morgan fingerprint density at radius 1 is 1.14 bits per heavy atom. The van der Waals surface area contributed by atoms with E-state index in [2.05, 4.69) is 28.5 Å². The van der Waals surface area contributed by atoms with Crippen LogP contribution in [0.1, 0.15) is 57.8 Å². The molecular formula is C35H37F3N6O5S. The molecular weight excluding hydrogens is 673 g/mol. The average Bonchev–Trinajstić information content (AvgIpc) is 3.41. The second-order valence-electron chi connectivity index (χ2n) is 12.8. The van der Waals surface area contributed by atoms with Gasteiger partial charge in [0, 0.05) is 37.8 Å². The molecule has 50 heavy (non-hydrogen) atoms. The number of aryl methyl sites for hydroxylation is 1. The summed E-state index contributed by atoms with van der Waals surface area (Å²) in [5, 5.41) is 5.22. The molecule has 3 heterocycles. The summed E-state index contributed by atoms with van der Waals surface area (Å²) in [6.07, 6.45) is 1.86. The maximum Gasteiger partial charge on any atom is 0.410 e. The molecule has 2 aromatic heterocycles. The molecule has 1 atom stereocenters. The number of piperidine rings is 1. The number of anilines is 1. The molecule has 4 aromatic rings. The number of benzene rings is 2. The SMILES string of the molecule is C=Nc1ncc(C#CC2CCN(C(=O)OC(C)(C)C)CC2)c2c1c(-c1ccc(NS(=O)(=O)C(F)F)c(O[C@@H](C)c3ccc(F)cc3)c1)nn2C. The Kier molecular flexibility index (Phi) is 10.4. The fourth-order valence-electron chi connectivity index (χ4n) is 5.46. The maximum absolute atomic E-state index is 13.6. The van der Waals surface area contributed by atoms with Gasteiger partial charge in [-0.1, -0.05) is 30.0 Å². The van der Waals surface area contributed by atoms with Crippen LogP contribution in [0.25, 0.3) is 22.2 Å². The van der Waals surface area contributed by atoms with Crippen LogP contribution >= 0.6 is 0 Å². The molecule has 1 fully saturated rings. The largest absolute Gasteiger partial charge is 0.484 e. The summed E-state index contributed by atoms with van der Waals surface area (Å²) >= 11 is 0. The van der Waals surface area contributed by atoms with Gasteiger partial charge in [0.1, 0.15) is 29.0 Å². The number of nitrogens with one attached hydrogen (secondary N) is 1. The van der Waals surface area contributed by atoms with E-state index in [9.17, 15) is 26.4 Å². The third-order valence-electron chi connectivity index (χ3n) is 7.93. The van der Waals surface area contributed by atoms with E-state index in [0.29, 0.717) is 59.2 Å². The Bertz CT molecular complexity index is 2080. The van der Waals surface area contributed by atoms with Crippen LogP contribution in [0.15, 0.2) is 53.7 Å². The average molecular weight is 711 g/mol. The highest BCUT2D eigenvalue weighted by Gasteiger charge is 2.28. The highest BCUT2D eigenvalue weighted by molar-refractivity contribution is 7.93. The summed E-state index contributed by atoms with van der Waals surface area (Å²) in [7, 11) is -3.32. The van der Waals surface area contributed by atoms with E-state index in [1.54, 1.807) is 29.7 Å². The molecule has 2 aromatic carbocycles. The molecule has 0 saturated carbocycles. The number of aromatic nitrogens is 3. The van der Waals surface area contributed by atoms with Crippen LogP contribution in [0, 0.1) is 23.6 Å². The lowest BCUT2D eigenvalue weighted by molar-refractivity contribution is 0.0199. The van der Waals surface area contributed by atoms with Gasteiger partial charge in [0.15, 0.2) is 5.82 Å². The lowest BCUT2D eigenvalue weighted by atomic mass is 9.97. The monoisotopic (exact) mass is 710 g/mol. The van der Waals surface area contributed by atoms with Crippen LogP contribution in [0.5, 0.6) is 5.75 Å². The highest BCUT2D eigenvalue weighted by Crippen LogP contribution is 2.39. The number of amides is 1. The Balaban J connectivity index is 1.50. The van der Waals surface area contributed by atoms with Crippen molar-refractivity contribution in [2.75, 3.05) is 17.8 Å². The molecule has 0 unspecified atom stereocenters. The number of pyridine rings is 1. The Morgan fingerprint density at radius 2 is 1.82 bits per heavy atom. The summed E-state index contributed by atoms with van der Waals surface area (Å²) in [5.74, 6) is 2.63. The van der Waals surface area contributed by atoms with Crippen LogP contribution < -0.4 is 9.46 Å². The van der Waals surface area contributed by atoms with Gasteiger partial charge in [-0.3, -0.25) is 9.40 Å². The molecule has 1 aliphatic rings. The molecule has 0 spiro atoms. The number of likely N-dealkylation sites (tertiary alicyclic amines) is 1. The zero-order valence-corrected chi connectivity index (χ0v) is 29.0. The zero-order valence-electron chi connectivity index (χ0n) is 28.2. The standard InChI is InChI=1S/C35H37F3N6O5S/c1-21(23-9-12-26(36)13-10-23)48-28-19-24(11-14-27(28)42-50(46,47)33(37)38)30-29-31(43(6)41-30)25(20-40-32(29)39-5)8-7-22-15-17-44(18-16-22)34(45)49-35(2,3)4/h9-14,19-22,33,42H,5,15-18H2,1-4,6H3/t21-/m0/s1. The first-order valence-electron chi connectivity index (χ1n) is 15.7. The number of carbonyl (C=O) groups excluding carboxylic acids is 1. The number of carbonyl (C=O) groups is 1. The van der Waals surface area contributed by atoms with Gasteiger partial charge in [0.05, 0.1) is 22.2 Å². The van der Waals surface area contributed by atoms with Crippen LogP contribution in [0.4, 0.5) is 29.5 Å². The van der Waals surface area contributed by atoms with Gasteiger partial charge < -0.3 is 14.4 Å². The molecule has 1 amide bonds. The summed E-state index contributed by atoms with van der Waals surface area (Å²) in [6, 6.07) is 9.76. The van der Waals surface area contributed by atoms with Gasteiger partial charge in [0.25, 0.3) is 10.0 Å². The van der Waals surface area contributed by atoms with Crippen molar-refractivity contribution in [1.29, 1.82) is 0 Å². The number of alkyl halides is 2. The van der Waals surface area contributed by atoms with E-state index >= 15 is 0 Å². The minimum Gasteiger partial charge on any atom is -0.484 e. The second-order valence-corrected chi connectivity index (χ2v) is 14.4. The fourth-order valence-corrected chi connectivity index (χ4v) is 6.03. The van der Waals surface area contributed by atoms with Crippen molar-refractivity contribution in [2.45, 2.75) is 58.0 Å². The number of nitrogens with zero attached hydrogens (tertiary/aromatic N) is 5. The summed E-state index contributed by atoms with van der Waals surface area (Å²) in [4.78, 5) is 22.7. The van der Waals surface area contributed by atoms with Gasteiger partial charge >= 0.3 is 11.9 Å². The highest BCUT2D eigenvalue weighted by atomic mass is 32.2. The molecule has 0 bridgehead atoms. The van der Waals surface area contributed by atoms with Crippen LogP contribution in [0.2, 0.25) is 0 Å². The van der Waals surface area contributed by atoms with Crippen molar-refractivity contribution in [2.24, 2.45) is 18.0 Å². The van der Waals surface area contributed by atoms with E-state index in [4.69, 9.17) is 14.6 Å². The lowest BCUT2D eigenvalue weighted by Gasteiger charge is -2.31. The number of ether oxygens (including phenoxy) is 2. The maximum atomic E-state index is 13.6. The normalized spacial score (nSPS) is 14.6. The van der Waals surface area contributed by atoms with Gasteiger partial charge in [0.2, 0.25) is 0 Å². The van der Waals surface area contributed by atoms with Crippen molar-refractivity contribution < 1.29 is 35.9 Å². The molecule has 15 heteroatoms. The van der Waals surface area contributed by atoms with Crippen molar-refractivity contribution in [3.8, 4) is 28.8 Å². The fraction of sp³-hybridized carbons (Fsp3) is 0.371. The first-order chi connectivity index (χ1) is 23.6. The number of sulfonamides is 1. The topological polar surface area (TPSA) is 128 Å². The molecule has 5 rings (SSSR count). The van der Waals surface area contributed by atoms with E-state index in [1.165, 1.54) is 42.5 Å². The molecule has 11 nitrogen and oxygen atoms in total. The van der Waals surface area contributed by atoms with E-state index in [1.807, 2.05) is 25.5 Å². The van der Waals surface area contributed by atoms with Gasteiger partial charge in [-0.25, -0.2) is 27.6 Å². The number of aliphatic imine (C=N–C) groups is 1. The third-order valence-corrected chi connectivity index (χ3v) is 8.91. The third kappa shape index (κ3) is 8.19. The minimum atomic E-state index is -5.04. The molecule has 1 aliphatic heterocycles. The number of fused-ring (bicyclic) bond motifs is 1. The van der Waals surface area contributed by atoms with Gasteiger partial charge in [-0.15, -0.1) is 0 Å². The summed E-state index contributed by atoms with van der Waals surface area (Å²) < 4.78 is 79.6. The van der Waals surface area contributed by atoms with E-state index in [0.717, 1.165) is 0 Å². The van der Waals surface area contributed by atoms with E-state index < -0.39 is 33.3 Å². The Hall–Kier alpha value is -5.10. The number of hydrogen-bond acceptors (Lipinski definition) is 8. The quantitative estimate of drug-likeness (QED) is 0.151. The van der Waals surface area contributed by atoms with Crippen molar-refractivity contribution >= 4 is 45.2 Å². The van der Waals surface area contributed by atoms with Crippen molar-refractivity contribution in [3.05, 3.63) is 65.6 Å². The second kappa shape index (κ2) is 14.4. The number of hydrogen-bond donors (Lipinski definition) is 1. The molecule has 0 radical (unpaired) electrons. The van der Waals surface area contributed by atoms with Crippen LogP contribution in [-0.4, -0.2) is 65.3 Å². The Morgan fingerprint density at radius 3 is 2.44 bits per heavy atom. The van der Waals surface area contributed by atoms with Crippen molar-refractivity contribution in [1.82, 2.24) is 19.7 Å². The van der Waals surface area contributed by atoms with Gasteiger partial charge in [-0.05, 0) is 77.1 Å². The van der Waals surface area contributed by atoms with E-state index in [-0.39, 0.29) is 29.3 Å². The predicted molar refractivity (Wildman–Crippen MR) is 185 cm³/mol. The first kappa shape index (κ1) is 36.2. The molecule has 264 valence electrons. The molecule has 1 N–H and O–H groups in total. The number of rotatable bonds is 8. The van der Waals surface area contributed by atoms with Gasteiger partial charge in [-0.2, -0.15) is 13.9 Å².